The van der Waals surface area contributed by atoms with Gasteiger partial charge in [-0.25, -0.2) is 10.9 Å². The number of rotatable bonds is 4. The Morgan fingerprint density at radius 1 is 1.07 bits per heavy atom. The molecule has 6 heteroatoms. The average Bonchev–Trinajstić information content (AvgIpc) is 3.15. The van der Waals surface area contributed by atoms with E-state index in [1.807, 2.05) is 6.07 Å². The van der Waals surface area contributed by atoms with E-state index in [4.69, 9.17) is 4.74 Å². The number of ether oxygens (including phenoxy) is 1. The summed E-state index contributed by atoms with van der Waals surface area (Å²) in [5.41, 5.74) is 7.85. The monoisotopic (exact) mass is 386 g/mol. The summed E-state index contributed by atoms with van der Waals surface area (Å²) in [5, 5.41) is 0. The molecule has 28 heavy (non-hydrogen) atoms. The van der Waals surface area contributed by atoms with Crippen LogP contribution >= 0.6 is 0 Å². The molecule has 3 saturated heterocycles. The number of hydrazine groups is 1. The zero-order chi connectivity index (χ0) is 19.5. The topological polar surface area (TPSA) is 56.8 Å². The van der Waals surface area contributed by atoms with Gasteiger partial charge in [-0.2, -0.15) is 0 Å². The van der Waals surface area contributed by atoms with Gasteiger partial charge in [0.2, 0.25) is 5.91 Å². The molecule has 3 aliphatic rings. The van der Waals surface area contributed by atoms with Crippen LogP contribution in [-0.2, 0) is 9.53 Å². The molecule has 2 N–H and O–H groups in total. The Hall–Kier alpha value is -1.47. The van der Waals surface area contributed by atoms with E-state index in [2.05, 4.69) is 58.8 Å². The second-order valence-electron chi connectivity index (χ2n) is 8.57. The highest BCUT2D eigenvalue weighted by Gasteiger charge is 2.40. The van der Waals surface area contributed by atoms with E-state index in [9.17, 15) is 4.79 Å². The summed E-state index contributed by atoms with van der Waals surface area (Å²) < 4.78 is 5.49. The van der Waals surface area contributed by atoms with Crippen LogP contribution in [0.2, 0.25) is 0 Å². The minimum Gasteiger partial charge on any atom is -0.379 e. The molecule has 6 nitrogen and oxygen atoms in total. The van der Waals surface area contributed by atoms with E-state index >= 15 is 0 Å². The van der Waals surface area contributed by atoms with Crippen molar-refractivity contribution in [2.75, 3.05) is 39.4 Å². The van der Waals surface area contributed by atoms with Crippen molar-refractivity contribution in [2.45, 2.75) is 44.8 Å². The third kappa shape index (κ3) is 4.10. The summed E-state index contributed by atoms with van der Waals surface area (Å²) in [6.45, 7) is 10.0. The van der Waals surface area contributed by atoms with Gasteiger partial charge in [-0.1, -0.05) is 37.3 Å². The molecule has 0 aromatic heterocycles. The van der Waals surface area contributed by atoms with Crippen molar-refractivity contribution in [3.63, 3.8) is 0 Å². The third-order valence-corrected chi connectivity index (χ3v) is 7.03. The molecule has 3 aliphatic heterocycles. The van der Waals surface area contributed by atoms with Gasteiger partial charge in [-0.3, -0.25) is 9.69 Å². The number of morpholine rings is 1. The van der Waals surface area contributed by atoms with Gasteiger partial charge in [0, 0.05) is 38.1 Å². The first-order chi connectivity index (χ1) is 13.6. The van der Waals surface area contributed by atoms with Crippen molar-refractivity contribution in [2.24, 2.45) is 11.8 Å². The van der Waals surface area contributed by atoms with Crippen LogP contribution in [0, 0.1) is 11.8 Å². The van der Waals surface area contributed by atoms with Crippen LogP contribution in [0.4, 0.5) is 0 Å². The lowest BCUT2D eigenvalue weighted by molar-refractivity contribution is -0.135. The highest BCUT2D eigenvalue weighted by Crippen LogP contribution is 2.31. The number of likely N-dealkylation sites (tertiary alicyclic amines) is 1. The van der Waals surface area contributed by atoms with Gasteiger partial charge in [0.1, 0.15) is 6.04 Å². The summed E-state index contributed by atoms with van der Waals surface area (Å²) in [6.07, 6.45) is 2.20. The van der Waals surface area contributed by atoms with Crippen LogP contribution in [0.5, 0.6) is 0 Å². The largest absolute Gasteiger partial charge is 0.379 e. The maximum Gasteiger partial charge on any atom is 0.241 e. The number of hydrogen-bond donors (Lipinski definition) is 2. The van der Waals surface area contributed by atoms with Crippen LogP contribution in [-0.4, -0.2) is 67.2 Å². The Morgan fingerprint density at radius 3 is 2.43 bits per heavy atom. The lowest BCUT2D eigenvalue weighted by atomic mass is 9.87. The first-order valence-corrected chi connectivity index (χ1v) is 10.8. The summed E-state index contributed by atoms with van der Waals surface area (Å²) in [6, 6.07) is 11.0. The highest BCUT2D eigenvalue weighted by molar-refractivity contribution is 5.82. The van der Waals surface area contributed by atoms with Crippen LogP contribution in [0.15, 0.2) is 30.3 Å². The average molecular weight is 387 g/mol. The Bertz CT molecular complexity index is 641. The van der Waals surface area contributed by atoms with Gasteiger partial charge in [0.05, 0.1) is 19.3 Å². The third-order valence-electron chi connectivity index (χ3n) is 7.03. The minimum atomic E-state index is -0.154. The molecule has 1 aromatic rings. The second-order valence-corrected chi connectivity index (χ2v) is 8.57. The van der Waals surface area contributed by atoms with Gasteiger partial charge < -0.3 is 9.64 Å². The van der Waals surface area contributed by atoms with E-state index in [1.54, 1.807) is 0 Å². The predicted molar refractivity (Wildman–Crippen MR) is 110 cm³/mol. The Balaban J connectivity index is 1.30. The normalized spacial score (nSPS) is 31.1. The fourth-order valence-electron chi connectivity index (χ4n) is 5.05. The predicted octanol–water partition coefficient (Wildman–Crippen LogP) is 1.80. The van der Waals surface area contributed by atoms with E-state index in [0.717, 1.165) is 52.2 Å². The van der Waals surface area contributed by atoms with Crippen LogP contribution < -0.4 is 10.9 Å². The number of amides is 1. The maximum absolute atomic E-state index is 13.2. The summed E-state index contributed by atoms with van der Waals surface area (Å²) in [5.74, 6) is 1.14. The standard InChI is InChI=1S/C22H34N4O2/c1-16-20(19-6-4-3-5-7-19)23-24-21(16)22(27)26-10-8-18(9-11-26)17(2)25-12-14-28-15-13-25/h3-7,16-18,20-21,23-24H,8-15H2,1-2H3. The van der Waals surface area contributed by atoms with Crippen molar-refractivity contribution in [3.8, 4) is 0 Å². The van der Waals surface area contributed by atoms with E-state index in [0.29, 0.717) is 12.0 Å². The molecule has 3 heterocycles. The first-order valence-electron chi connectivity index (χ1n) is 10.8. The fourth-order valence-corrected chi connectivity index (χ4v) is 5.05. The second kappa shape index (κ2) is 8.91. The molecule has 4 atom stereocenters. The van der Waals surface area contributed by atoms with Gasteiger partial charge in [-0.05, 0) is 31.2 Å². The summed E-state index contributed by atoms with van der Waals surface area (Å²) in [4.78, 5) is 17.8. The Morgan fingerprint density at radius 2 is 1.75 bits per heavy atom. The van der Waals surface area contributed by atoms with Crippen LogP contribution in [0.3, 0.4) is 0 Å². The maximum atomic E-state index is 13.2. The number of carbonyl (C=O) groups excluding carboxylic acids is 1. The Kier molecular flexibility index (Phi) is 6.31. The molecule has 0 bridgehead atoms. The molecule has 1 amide bonds. The minimum absolute atomic E-state index is 0.154. The molecular formula is C22H34N4O2. The number of carbonyl (C=O) groups is 1. The highest BCUT2D eigenvalue weighted by atomic mass is 16.5. The number of hydrogen-bond acceptors (Lipinski definition) is 5. The van der Waals surface area contributed by atoms with Crippen molar-refractivity contribution in [1.29, 1.82) is 0 Å². The van der Waals surface area contributed by atoms with Gasteiger partial charge in [-0.15, -0.1) is 0 Å². The number of benzene rings is 1. The van der Waals surface area contributed by atoms with Crippen molar-refractivity contribution < 1.29 is 9.53 Å². The summed E-state index contributed by atoms with van der Waals surface area (Å²) in [7, 11) is 0. The lowest BCUT2D eigenvalue weighted by Gasteiger charge is -2.41. The van der Waals surface area contributed by atoms with E-state index < -0.39 is 0 Å². The SMILES string of the molecule is CC1C(C(=O)N2CCC(C(C)N3CCOCC3)CC2)NNC1c1ccccc1. The molecule has 0 aliphatic carbocycles. The molecule has 0 radical (unpaired) electrons. The number of nitrogens with zero attached hydrogens (tertiary/aromatic N) is 2. The smallest absolute Gasteiger partial charge is 0.241 e. The molecule has 0 spiro atoms. The molecular weight excluding hydrogens is 352 g/mol. The van der Waals surface area contributed by atoms with Crippen molar-refractivity contribution >= 4 is 5.91 Å². The first kappa shape index (κ1) is 19.8. The van der Waals surface area contributed by atoms with Crippen molar-refractivity contribution in [1.82, 2.24) is 20.7 Å². The lowest BCUT2D eigenvalue weighted by Crippen LogP contribution is -2.52. The molecule has 4 rings (SSSR count). The fraction of sp³-hybridized carbons (Fsp3) is 0.682. The van der Waals surface area contributed by atoms with Crippen LogP contribution in [0.25, 0.3) is 0 Å². The zero-order valence-corrected chi connectivity index (χ0v) is 17.1. The van der Waals surface area contributed by atoms with Crippen LogP contribution in [0.1, 0.15) is 38.3 Å². The molecule has 4 unspecified atom stereocenters. The number of nitrogens with one attached hydrogen (secondary N) is 2. The quantitative estimate of drug-likeness (QED) is 0.826. The van der Waals surface area contributed by atoms with Gasteiger partial charge in [0.15, 0.2) is 0 Å². The van der Waals surface area contributed by atoms with E-state index in [1.165, 1.54) is 5.56 Å². The van der Waals surface area contributed by atoms with Crippen molar-refractivity contribution in [3.05, 3.63) is 35.9 Å². The van der Waals surface area contributed by atoms with Gasteiger partial charge in [0.25, 0.3) is 0 Å². The molecule has 154 valence electrons. The zero-order valence-electron chi connectivity index (χ0n) is 17.1. The summed E-state index contributed by atoms with van der Waals surface area (Å²) >= 11 is 0. The Labute approximate surface area is 168 Å². The number of piperidine rings is 1. The molecule has 3 fully saturated rings. The molecule has 0 saturated carbocycles. The molecule has 1 aromatic carbocycles. The van der Waals surface area contributed by atoms with E-state index in [-0.39, 0.29) is 23.9 Å². The van der Waals surface area contributed by atoms with Gasteiger partial charge >= 0.3 is 0 Å².